The maximum atomic E-state index is 13.3. The van der Waals surface area contributed by atoms with Crippen molar-refractivity contribution in [3.05, 3.63) is 22.1 Å². The number of aromatic amines is 1. The Kier molecular flexibility index (Phi) is 13.8. The van der Waals surface area contributed by atoms with Gasteiger partial charge < -0.3 is 19.7 Å². The van der Waals surface area contributed by atoms with Gasteiger partial charge in [0.2, 0.25) is 5.91 Å². The highest BCUT2D eigenvalue weighted by Crippen LogP contribution is 2.31. The molecule has 1 heterocycles. The molecule has 1 aromatic rings. The van der Waals surface area contributed by atoms with Gasteiger partial charge in [-0.05, 0) is 32.1 Å². The molecule has 196 valence electrons. The van der Waals surface area contributed by atoms with E-state index in [2.05, 4.69) is 24.3 Å². The molecule has 11 heteroatoms. The molecule has 0 spiro atoms. The molecule has 0 fully saturated rings. The molecule has 2 N–H and O–H groups in total. The summed E-state index contributed by atoms with van der Waals surface area (Å²) in [6.07, 6.45) is -0.495. The van der Waals surface area contributed by atoms with Crippen molar-refractivity contribution in [3.8, 4) is 0 Å². The molecule has 0 radical (unpaired) electrons. The minimum Gasteiger partial charge on any atom is -0.382 e. The summed E-state index contributed by atoms with van der Waals surface area (Å²) in [5, 5.41) is 8.01. The van der Waals surface area contributed by atoms with Gasteiger partial charge in [-0.25, -0.2) is 5.10 Å². The van der Waals surface area contributed by atoms with Crippen LogP contribution >= 0.6 is 0 Å². The van der Waals surface area contributed by atoms with Crippen LogP contribution in [0.15, 0.2) is 11.0 Å². The average molecular weight is 493 g/mol. The van der Waals surface area contributed by atoms with Gasteiger partial charge in [-0.2, -0.15) is 18.3 Å². The molecule has 0 aliphatic heterocycles. The Morgan fingerprint density at radius 3 is 2.53 bits per heavy atom. The van der Waals surface area contributed by atoms with Crippen molar-refractivity contribution in [2.75, 3.05) is 44.8 Å². The van der Waals surface area contributed by atoms with E-state index in [0.29, 0.717) is 38.6 Å². The van der Waals surface area contributed by atoms with Crippen LogP contribution in [0.25, 0.3) is 0 Å². The number of carbonyl (C=O) groups excluding carboxylic acids is 1. The fourth-order valence-electron chi connectivity index (χ4n) is 3.33. The van der Waals surface area contributed by atoms with Crippen LogP contribution in [-0.4, -0.2) is 66.6 Å². The molecular formula is C23H39F3N4O4. The predicted octanol–water partition coefficient (Wildman–Crippen LogP) is 4.08. The van der Waals surface area contributed by atoms with Crippen molar-refractivity contribution >= 4 is 11.6 Å². The summed E-state index contributed by atoms with van der Waals surface area (Å²) in [6.45, 7) is 10.5. The normalized spacial score (nSPS) is 13.5. The van der Waals surface area contributed by atoms with Crippen molar-refractivity contribution in [2.45, 2.75) is 72.0 Å². The van der Waals surface area contributed by atoms with Gasteiger partial charge in [-0.3, -0.25) is 9.59 Å². The Bertz CT molecular complexity index is 773. The minimum atomic E-state index is -4.84. The smallest absolute Gasteiger partial charge is 0.382 e. The number of halogens is 3. The van der Waals surface area contributed by atoms with Crippen LogP contribution in [0.1, 0.15) is 65.4 Å². The monoisotopic (exact) mass is 492 g/mol. The van der Waals surface area contributed by atoms with E-state index in [-0.39, 0.29) is 25.5 Å². The predicted molar refractivity (Wildman–Crippen MR) is 125 cm³/mol. The number of hydrogen-bond donors (Lipinski definition) is 2. The van der Waals surface area contributed by atoms with Crippen LogP contribution in [0.3, 0.4) is 0 Å². The summed E-state index contributed by atoms with van der Waals surface area (Å²) in [7, 11) is 0. The molecule has 0 bridgehead atoms. The van der Waals surface area contributed by atoms with E-state index < -0.39 is 29.0 Å². The summed E-state index contributed by atoms with van der Waals surface area (Å²) in [4.78, 5) is 26.2. The number of ether oxygens (including phenoxy) is 2. The van der Waals surface area contributed by atoms with Gasteiger partial charge in [0.25, 0.3) is 5.56 Å². The molecule has 2 unspecified atom stereocenters. The number of anilines is 1. The third kappa shape index (κ3) is 10.9. The van der Waals surface area contributed by atoms with Crippen molar-refractivity contribution in [3.63, 3.8) is 0 Å². The number of aromatic nitrogens is 2. The van der Waals surface area contributed by atoms with Gasteiger partial charge in [0, 0.05) is 26.3 Å². The fraction of sp³-hybridized carbons (Fsp3) is 0.783. The quantitative estimate of drug-likeness (QED) is 0.318. The molecule has 2 atom stereocenters. The number of carbonyl (C=O) groups is 1. The topological polar surface area (TPSA) is 96.6 Å². The maximum absolute atomic E-state index is 13.3. The first-order valence-electron chi connectivity index (χ1n) is 12.0. The van der Waals surface area contributed by atoms with Crippen molar-refractivity contribution in [1.82, 2.24) is 15.1 Å². The van der Waals surface area contributed by atoms with E-state index in [9.17, 15) is 22.8 Å². The molecule has 0 saturated carbocycles. The average Bonchev–Trinajstić information content (AvgIpc) is 2.78. The van der Waals surface area contributed by atoms with E-state index >= 15 is 0 Å². The second kappa shape index (κ2) is 15.7. The largest absolute Gasteiger partial charge is 0.423 e. The third-order valence-electron chi connectivity index (χ3n) is 5.53. The Morgan fingerprint density at radius 1 is 1.18 bits per heavy atom. The van der Waals surface area contributed by atoms with Crippen molar-refractivity contribution in [2.24, 2.45) is 5.92 Å². The lowest BCUT2D eigenvalue weighted by Crippen LogP contribution is -2.35. The first-order valence-corrected chi connectivity index (χ1v) is 12.0. The molecule has 0 aromatic carbocycles. The van der Waals surface area contributed by atoms with Crippen LogP contribution in [0, 0.1) is 5.92 Å². The lowest BCUT2D eigenvalue weighted by molar-refractivity contribution is -0.138. The first kappa shape index (κ1) is 29.9. The number of alkyl halides is 3. The molecule has 34 heavy (non-hydrogen) atoms. The standard InChI is InChI=1S/C23H39F3N4O4/c1-5-11-30(12-8-17(4)6-2)20(31)10-14-34-16-18(9-13-33-7-3)28-19-15-27-29-22(32)21(19)23(24,25)26/h15,17-18H,5-14,16H2,1-4H3,(H2,28,29,32). The van der Waals surface area contributed by atoms with Crippen molar-refractivity contribution in [1.29, 1.82) is 0 Å². The Balaban J connectivity index is 2.71. The molecule has 0 aliphatic rings. The zero-order valence-corrected chi connectivity index (χ0v) is 20.7. The Labute approximate surface area is 199 Å². The van der Waals surface area contributed by atoms with E-state index in [0.717, 1.165) is 25.5 Å². The van der Waals surface area contributed by atoms with E-state index in [4.69, 9.17) is 9.47 Å². The van der Waals surface area contributed by atoms with E-state index in [1.54, 1.807) is 0 Å². The Hall–Kier alpha value is -2.14. The van der Waals surface area contributed by atoms with Crippen LogP contribution < -0.4 is 10.9 Å². The van der Waals surface area contributed by atoms with E-state index in [1.165, 1.54) is 0 Å². The van der Waals surface area contributed by atoms with Crippen LogP contribution in [0.5, 0.6) is 0 Å². The molecule has 1 aromatic heterocycles. The summed E-state index contributed by atoms with van der Waals surface area (Å²) in [6, 6.07) is -0.566. The molecular weight excluding hydrogens is 453 g/mol. The van der Waals surface area contributed by atoms with Crippen molar-refractivity contribution < 1.29 is 27.4 Å². The zero-order chi connectivity index (χ0) is 25.6. The highest BCUT2D eigenvalue weighted by Gasteiger charge is 2.37. The number of rotatable bonds is 17. The number of hydrogen-bond acceptors (Lipinski definition) is 6. The van der Waals surface area contributed by atoms with E-state index in [1.807, 2.05) is 23.8 Å². The summed E-state index contributed by atoms with van der Waals surface area (Å²) < 4.78 is 51.0. The Morgan fingerprint density at radius 2 is 1.91 bits per heavy atom. The number of nitrogens with zero attached hydrogens (tertiary/aromatic N) is 2. The lowest BCUT2D eigenvalue weighted by Gasteiger charge is -2.24. The van der Waals surface area contributed by atoms with Crippen LogP contribution in [0.4, 0.5) is 18.9 Å². The highest BCUT2D eigenvalue weighted by atomic mass is 19.4. The van der Waals surface area contributed by atoms with Gasteiger partial charge in [0.15, 0.2) is 0 Å². The van der Waals surface area contributed by atoms with Crippen LogP contribution in [0.2, 0.25) is 0 Å². The summed E-state index contributed by atoms with van der Waals surface area (Å²) in [5.41, 5.74) is -3.08. The number of amides is 1. The first-order chi connectivity index (χ1) is 16.1. The van der Waals surface area contributed by atoms with Gasteiger partial charge >= 0.3 is 6.18 Å². The number of nitrogens with one attached hydrogen (secondary N) is 2. The van der Waals surface area contributed by atoms with Gasteiger partial charge in [-0.15, -0.1) is 0 Å². The molecule has 8 nitrogen and oxygen atoms in total. The van der Waals surface area contributed by atoms with Crippen LogP contribution in [-0.2, 0) is 20.4 Å². The lowest BCUT2D eigenvalue weighted by atomic mass is 10.0. The summed E-state index contributed by atoms with van der Waals surface area (Å²) in [5.74, 6) is 0.545. The van der Waals surface area contributed by atoms with Gasteiger partial charge in [0.1, 0.15) is 5.56 Å². The zero-order valence-electron chi connectivity index (χ0n) is 20.7. The second-order valence-corrected chi connectivity index (χ2v) is 8.32. The minimum absolute atomic E-state index is 0.00197. The number of H-pyrrole nitrogens is 1. The molecule has 0 aliphatic carbocycles. The maximum Gasteiger partial charge on any atom is 0.423 e. The third-order valence-corrected chi connectivity index (χ3v) is 5.53. The highest BCUT2D eigenvalue weighted by molar-refractivity contribution is 5.76. The molecule has 0 saturated heterocycles. The van der Waals surface area contributed by atoms with Gasteiger partial charge in [-0.1, -0.05) is 27.2 Å². The fourth-order valence-corrected chi connectivity index (χ4v) is 3.33. The molecule has 1 rings (SSSR count). The van der Waals surface area contributed by atoms with Gasteiger partial charge in [0.05, 0.1) is 37.6 Å². The second-order valence-electron chi connectivity index (χ2n) is 8.32. The molecule has 1 amide bonds. The SMILES string of the molecule is CCCN(CCC(C)CC)C(=O)CCOCC(CCOCC)Nc1cn[nH]c(=O)c1C(F)(F)F. The summed E-state index contributed by atoms with van der Waals surface area (Å²) >= 11 is 0.